The van der Waals surface area contributed by atoms with Crippen LogP contribution in [0.1, 0.15) is 87.0 Å². The molecule has 0 aromatic rings. The summed E-state index contributed by atoms with van der Waals surface area (Å²) in [5, 5.41) is 20.9. The zero-order valence-corrected chi connectivity index (χ0v) is 23.5. The molecule has 0 aliphatic heterocycles. The van der Waals surface area contributed by atoms with Gasteiger partial charge < -0.3 is 10.2 Å². The van der Waals surface area contributed by atoms with E-state index < -0.39 is 63.2 Å². The number of carbonyl (C=O) groups excluding carboxylic acids is 5. The molecule has 0 saturated heterocycles. The lowest BCUT2D eigenvalue weighted by atomic mass is 9.42. The summed E-state index contributed by atoms with van der Waals surface area (Å²) in [6.07, 6.45) is -0.983. The second kappa shape index (κ2) is 8.77. The van der Waals surface area contributed by atoms with Gasteiger partial charge in [-0.3, -0.25) is 28.8 Å². The maximum absolute atomic E-state index is 14.1. The molecule has 4 aliphatic carbocycles. The quantitative estimate of drug-likeness (QED) is 0.533. The van der Waals surface area contributed by atoms with Gasteiger partial charge in [-0.25, -0.2) is 0 Å². The molecule has 38 heavy (non-hydrogen) atoms. The molecule has 0 spiro atoms. The van der Waals surface area contributed by atoms with E-state index in [1.165, 1.54) is 6.92 Å². The van der Waals surface area contributed by atoms with Crippen molar-refractivity contribution >= 4 is 34.9 Å². The van der Waals surface area contributed by atoms with Crippen LogP contribution in [0.4, 0.5) is 0 Å². The van der Waals surface area contributed by atoms with Gasteiger partial charge in [0.1, 0.15) is 23.5 Å². The van der Waals surface area contributed by atoms with Crippen LogP contribution in [0, 0.1) is 45.3 Å². The number of aliphatic hydroxyl groups excluding tert-OH is 1. The molecule has 0 radical (unpaired) electrons. The van der Waals surface area contributed by atoms with Gasteiger partial charge >= 0.3 is 5.97 Å². The maximum Gasteiger partial charge on any atom is 0.306 e. The van der Waals surface area contributed by atoms with Crippen molar-refractivity contribution in [3.05, 3.63) is 11.1 Å². The van der Waals surface area contributed by atoms with Crippen LogP contribution >= 0.6 is 0 Å². The standard InChI is InChI=1S/C30H40O8/c1-14(10-16(31)11-15(2)26(37)38)17-12-21(34)30(7)22-18(32)13-19-27(3,4)20(33)8-9-28(19,5)23(22)24(35)25(36)29(17,30)6/h14-15,17,19,25,36H,8-13H2,1-7H3,(H,37,38)/t14-,15+,17-,19+,25-,28+,29+,30+/m1/s1. The average molecular weight is 529 g/mol. The molecule has 0 unspecified atom stereocenters. The summed E-state index contributed by atoms with van der Waals surface area (Å²) in [6.45, 7) is 12.1. The Morgan fingerprint density at radius 1 is 0.921 bits per heavy atom. The van der Waals surface area contributed by atoms with Crippen LogP contribution in [-0.4, -0.2) is 51.2 Å². The van der Waals surface area contributed by atoms with E-state index in [9.17, 15) is 33.9 Å². The summed E-state index contributed by atoms with van der Waals surface area (Å²) in [7, 11) is 0. The Kier molecular flexibility index (Phi) is 6.58. The Balaban J connectivity index is 1.81. The molecule has 2 saturated carbocycles. The number of rotatable bonds is 6. The van der Waals surface area contributed by atoms with E-state index in [0.29, 0.717) is 6.42 Å². The van der Waals surface area contributed by atoms with E-state index in [1.54, 1.807) is 20.8 Å². The molecule has 4 aliphatic rings. The van der Waals surface area contributed by atoms with Gasteiger partial charge in [0.15, 0.2) is 11.6 Å². The molecule has 0 amide bonds. The monoisotopic (exact) mass is 528 g/mol. The lowest BCUT2D eigenvalue weighted by Gasteiger charge is -2.59. The van der Waals surface area contributed by atoms with Crippen LogP contribution in [0.5, 0.6) is 0 Å². The lowest BCUT2D eigenvalue weighted by molar-refractivity contribution is -0.158. The molecule has 0 aromatic heterocycles. The Bertz CT molecular complexity index is 1190. The first-order valence-electron chi connectivity index (χ1n) is 13.7. The zero-order valence-electron chi connectivity index (χ0n) is 23.5. The van der Waals surface area contributed by atoms with Crippen molar-refractivity contribution in [1.82, 2.24) is 0 Å². The molecule has 8 nitrogen and oxygen atoms in total. The molecule has 208 valence electrons. The van der Waals surface area contributed by atoms with Gasteiger partial charge in [0.2, 0.25) is 0 Å². The fourth-order valence-electron chi connectivity index (χ4n) is 8.67. The van der Waals surface area contributed by atoms with Gasteiger partial charge in [-0.05, 0) is 31.1 Å². The number of aliphatic hydroxyl groups is 1. The number of carboxylic acids is 1. The fourth-order valence-corrected chi connectivity index (χ4v) is 8.67. The molecule has 0 aromatic carbocycles. The summed E-state index contributed by atoms with van der Waals surface area (Å²) >= 11 is 0. The number of hydrogen-bond donors (Lipinski definition) is 2. The Hall–Kier alpha value is -2.48. The highest BCUT2D eigenvalue weighted by Crippen LogP contribution is 2.69. The first kappa shape index (κ1) is 28.5. The number of hydrogen-bond acceptors (Lipinski definition) is 7. The lowest BCUT2D eigenvalue weighted by Crippen LogP contribution is -2.64. The molecule has 0 bridgehead atoms. The van der Waals surface area contributed by atoms with Crippen molar-refractivity contribution in [3.8, 4) is 0 Å². The second-order valence-corrected chi connectivity index (χ2v) is 13.6. The van der Waals surface area contributed by atoms with E-state index in [1.807, 2.05) is 20.8 Å². The third-order valence-electron chi connectivity index (χ3n) is 11.3. The Morgan fingerprint density at radius 3 is 2.11 bits per heavy atom. The number of carboxylic acid groups (broad SMARTS) is 1. The van der Waals surface area contributed by atoms with E-state index in [-0.39, 0.29) is 66.4 Å². The maximum atomic E-state index is 14.1. The molecule has 8 atom stereocenters. The predicted molar refractivity (Wildman–Crippen MR) is 137 cm³/mol. The number of allylic oxidation sites excluding steroid dienone is 1. The van der Waals surface area contributed by atoms with Crippen LogP contribution in [0.25, 0.3) is 0 Å². The molecule has 2 fully saturated rings. The van der Waals surface area contributed by atoms with Crippen molar-refractivity contribution < 1.29 is 39.0 Å². The highest BCUT2D eigenvalue weighted by atomic mass is 16.4. The number of carbonyl (C=O) groups is 6. The first-order valence-corrected chi connectivity index (χ1v) is 13.7. The van der Waals surface area contributed by atoms with E-state index in [4.69, 9.17) is 5.11 Å². The minimum Gasteiger partial charge on any atom is -0.481 e. The highest BCUT2D eigenvalue weighted by Gasteiger charge is 2.73. The summed E-state index contributed by atoms with van der Waals surface area (Å²) in [5.74, 6) is -4.60. The molecule has 0 heterocycles. The molecule has 2 N–H and O–H groups in total. The first-order chi connectivity index (χ1) is 17.4. The normalized spacial score (nSPS) is 39.8. The van der Waals surface area contributed by atoms with E-state index >= 15 is 0 Å². The Morgan fingerprint density at radius 2 is 1.53 bits per heavy atom. The summed E-state index contributed by atoms with van der Waals surface area (Å²) in [6, 6.07) is 0. The third kappa shape index (κ3) is 3.51. The van der Waals surface area contributed by atoms with Gasteiger partial charge in [0.25, 0.3) is 0 Å². The van der Waals surface area contributed by atoms with Crippen molar-refractivity contribution in [1.29, 1.82) is 0 Å². The topological polar surface area (TPSA) is 143 Å². The minimum absolute atomic E-state index is 0.00839. The highest BCUT2D eigenvalue weighted by molar-refractivity contribution is 6.18. The predicted octanol–water partition coefficient (Wildman–Crippen LogP) is 3.52. The SMILES string of the molecule is C[C@H](CC(=O)C[C@H](C)C(=O)O)[C@H]1CC(=O)[C@@]2(C)C3=C(C(=O)[C@@H](O)[C@]12C)[C@@]1(C)CCC(=O)C(C)(C)[C@@H]1CC3=O. The van der Waals surface area contributed by atoms with Gasteiger partial charge in [-0.15, -0.1) is 0 Å². The van der Waals surface area contributed by atoms with E-state index in [2.05, 4.69) is 0 Å². The number of Topliss-reactive ketones (excluding diaryl/α,β-unsaturated/α-hetero) is 5. The largest absolute Gasteiger partial charge is 0.481 e. The van der Waals surface area contributed by atoms with Crippen molar-refractivity contribution in [2.75, 3.05) is 0 Å². The summed E-state index contributed by atoms with van der Waals surface area (Å²) in [4.78, 5) is 78.5. The average Bonchev–Trinajstić information content (AvgIpc) is 3.03. The van der Waals surface area contributed by atoms with Crippen molar-refractivity contribution in [2.24, 2.45) is 45.3 Å². The van der Waals surface area contributed by atoms with Crippen LogP contribution in [-0.2, 0) is 28.8 Å². The summed E-state index contributed by atoms with van der Waals surface area (Å²) in [5.41, 5.74) is -3.95. The third-order valence-corrected chi connectivity index (χ3v) is 11.3. The van der Waals surface area contributed by atoms with E-state index in [0.717, 1.165) is 0 Å². The smallest absolute Gasteiger partial charge is 0.306 e. The minimum atomic E-state index is -1.55. The van der Waals surface area contributed by atoms with Gasteiger partial charge in [0, 0.05) is 59.5 Å². The Labute approximate surface area is 223 Å². The molecule has 8 heteroatoms. The van der Waals surface area contributed by atoms with Crippen LogP contribution < -0.4 is 0 Å². The van der Waals surface area contributed by atoms with Gasteiger partial charge in [-0.1, -0.05) is 41.5 Å². The van der Waals surface area contributed by atoms with Crippen molar-refractivity contribution in [3.63, 3.8) is 0 Å². The molecular weight excluding hydrogens is 488 g/mol. The zero-order chi connectivity index (χ0) is 28.7. The van der Waals surface area contributed by atoms with Gasteiger partial charge in [-0.2, -0.15) is 0 Å². The second-order valence-electron chi connectivity index (χ2n) is 13.6. The van der Waals surface area contributed by atoms with Crippen LogP contribution in [0.2, 0.25) is 0 Å². The number of ketones is 5. The fraction of sp³-hybridized carbons (Fsp3) is 0.733. The number of aliphatic carboxylic acids is 1. The summed E-state index contributed by atoms with van der Waals surface area (Å²) < 4.78 is 0. The van der Waals surface area contributed by atoms with Crippen LogP contribution in [0.15, 0.2) is 11.1 Å². The van der Waals surface area contributed by atoms with Gasteiger partial charge in [0.05, 0.1) is 11.3 Å². The molecule has 4 rings (SSSR count). The molecular formula is C30H40O8. The van der Waals surface area contributed by atoms with Crippen LogP contribution in [0.3, 0.4) is 0 Å². The van der Waals surface area contributed by atoms with Crippen molar-refractivity contribution in [2.45, 2.75) is 93.1 Å². The number of fused-ring (bicyclic) bond motifs is 4.